The van der Waals surface area contributed by atoms with E-state index >= 15 is 0 Å². The number of halogens is 1. The van der Waals surface area contributed by atoms with Crippen molar-refractivity contribution in [1.82, 2.24) is 9.47 Å². The molecule has 34 heavy (non-hydrogen) atoms. The monoisotopic (exact) mass is 478 g/mol. The lowest BCUT2D eigenvalue weighted by Gasteiger charge is -2.28. The highest BCUT2D eigenvalue weighted by Crippen LogP contribution is 2.37. The van der Waals surface area contributed by atoms with Crippen molar-refractivity contribution < 1.29 is 17.0 Å². The van der Waals surface area contributed by atoms with Gasteiger partial charge >= 0.3 is 10.1 Å². The van der Waals surface area contributed by atoms with E-state index in [1.807, 2.05) is 12.1 Å². The molecule has 3 aromatic carbocycles. The number of fused-ring (bicyclic) bond motifs is 1. The van der Waals surface area contributed by atoms with E-state index in [9.17, 15) is 12.8 Å². The fraction of sp³-hybridized carbons (Fsp3) is 0.259. The maximum atomic E-state index is 14.4. The van der Waals surface area contributed by atoms with Gasteiger partial charge in [0.05, 0.1) is 6.54 Å². The van der Waals surface area contributed by atoms with E-state index in [1.54, 1.807) is 42.5 Å². The lowest BCUT2D eigenvalue weighted by molar-refractivity contribution is 0.256. The van der Waals surface area contributed by atoms with Gasteiger partial charge in [0.2, 0.25) is 0 Å². The van der Waals surface area contributed by atoms with E-state index in [4.69, 9.17) is 4.18 Å². The van der Waals surface area contributed by atoms with Crippen LogP contribution in [0.4, 0.5) is 4.39 Å². The number of aromatic nitrogens is 1. The second kappa shape index (κ2) is 9.24. The van der Waals surface area contributed by atoms with Gasteiger partial charge in [-0.15, -0.1) is 0 Å². The first kappa shape index (κ1) is 22.6. The van der Waals surface area contributed by atoms with E-state index < -0.39 is 10.1 Å². The Balaban J connectivity index is 1.55. The van der Waals surface area contributed by atoms with Gasteiger partial charge in [0.25, 0.3) is 0 Å². The Labute approximate surface area is 199 Å². The van der Waals surface area contributed by atoms with Crippen LogP contribution >= 0.6 is 0 Å². The van der Waals surface area contributed by atoms with Crippen LogP contribution in [0.25, 0.3) is 10.9 Å². The predicted octanol–water partition coefficient (Wildman–Crippen LogP) is 5.41. The SMILES string of the molecule is CN1CCC(c2cn(Cc3ccccc3F)c3ccc(OS(=O)(=O)c4ccccc4)cc23)CC1. The Kier molecular flexibility index (Phi) is 6.15. The summed E-state index contributed by atoms with van der Waals surface area (Å²) in [5.74, 6) is 0.384. The van der Waals surface area contributed by atoms with Crippen LogP contribution in [0.15, 0.2) is 83.9 Å². The summed E-state index contributed by atoms with van der Waals surface area (Å²) in [5.41, 5.74) is 2.70. The van der Waals surface area contributed by atoms with Crippen LogP contribution in [0.1, 0.15) is 29.9 Å². The third-order valence-corrected chi connectivity index (χ3v) is 7.84. The first-order valence-corrected chi connectivity index (χ1v) is 12.9. The molecule has 5 nitrogen and oxygen atoms in total. The maximum absolute atomic E-state index is 14.4. The minimum Gasteiger partial charge on any atom is -0.379 e. The zero-order chi connectivity index (χ0) is 23.7. The smallest absolute Gasteiger partial charge is 0.339 e. The van der Waals surface area contributed by atoms with E-state index in [1.165, 1.54) is 18.2 Å². The molecule has 1 aliphatic heterocycles. The Morgan fingerprint density at radius 2 is 1.68 bits per heavy atom. The van der Waals surface area contributed by atoms with Crippen LogP contribution in [0, 0.1) is 5.82 Å². The van der Waals surface area contributed by atoms with Crippen molar-refractivity contribution in [2.24, 2.45) is 0 Å². The fourth-order valence-electron chi connectivity index (χ4n) is 4.70. The van der Waals surface area contributed by atoms with Crippen molar-refractivity contribution >= 4 is 21.0 Å². The Bertz CT molecular complexity index is 1410. The first-order chi connectivity index (χ1) is 16.4. The first-order valence-electron chi connectivity index (χ1n) is 11.4. The lowest BCUT2D eigenvalue weighted by atomic mass is 9.89. The zero-order valence-corrected chi connectivity index (χ0v) is 19.8. The molecule has 0 unspecified atom stereocenters. The molecule has 1 aromatic heterocycles. The van der Waals surface area contributed by atoms with E-state index in [0.717, 1.165) is 42.4 Å². The van der Waals surface area contributed by atoms with Gasteiger partial charge < -0.3 is 13.7 Å². The number of rotatable bonds is 6. The third kappa shape index (κ3) is 4.58. The molecule has 4 aromatic rings. The van der Waals surface area contributed by atoms with Crippen molar-refractivity contribution in [3.05, 3.63) is 95.9 Å². The molecule has 0 bridgehead atoms. The second-order valence-electron chi connectivity index (χ2n) is 8.91. The normalized spacial score (nSPS) is 15.6. The maximum Gasteiger partial charge on any atom is 0.339 e. The molecule has 176 valence electrons. The zero-order valence-electron chi connectivity index (χ0n) is 19.0. The number of hydrogen-bond acceptors (Lipinski definition) is 4. The van der Waals surface area contributed by atoms with Crippen molar-refractivity contribution in [2.45, 2.75) is 30.2 Å². The molecular formula is C27H27FN2O3S. The minimum atomic E-state index is -3.94. The predicted molar refractivity (Wildman–Crippen MR) is 131 cm³/mol. The van der Waals surface area contributed by atoms with Gasteiger partial charge in [-0.3, -0.25) is 0 Å². The van der Waals surface area contributed by atoms with Gasteiger partial charge in [0.15, 0.2) is 0 Å². The van der Waals surface area contributed by atoms with Crippen molar-refractivity contribution in [2.75, 3.05) is 20.1 Å². The van der Waals surface area contributed by atoms with Gasteiger partial charge in [0, 0.05) is 22.7 Å². The molecule has 0 atom stereocenters. The summed E-state index contributed by atoms with van der Waals surface area (Å²) >= 11 is 0. The highest BCUT2D eigenvalue weighted by Gasteiger charge is 2.24. The molecule has 0 N–H and O–H groups in total. The quantitative estimate of drug-likeness (QED) is 0.348. The Morgan fingerprint density at radius 3 is 2.41 bits per heavy atom. The topological polar surface area (TPSA) is 51.5 Å². The van der Waals surface area contributed by atoms with Crippen LogP contribution < -0.4 is 4.18 Å². The van der Waals surface area contributed by atoms with Crippen LogP contribution in [0.3, 0.4) is 0 Å². The number of likely N-dealkylation sites (tertiary alicyclic amines) is 1. The van der Waals surface area contributed by atoms with Gasteiger partial charge in [-0.2, -0.15) is 8.42 Å². The van der Waals surface area contributed by atoms with E-state index in [0.29, 0.717) is 18.0 Å². The highest BCUT2D eigenvalue weighted by atomic mass is 32.2. The molecule has 0 aliphatic carbocycles. The van der Waals surface area contributed by atoms with Crippen LogP contribution in [-0.4, -0.2) is 38.0 Å². The van der Waals surface area contributed by atoms with Gasteiger partial charge in [0.1, 0.15) is 16.5 Å². The van der Waals surface area contributed by atoms with Crippen LogP contribution in [0.2, 0.25) is 0 Å². The Hall–Kier alpha value is -3.16. The summed E-state index contributed by atoms with van der Waals surface area (Å²) < 4.78 is 47.5. The minimum absolute atomic E-state index is 0.114. The average Bonchev–Trinajstić information content (AvgIpc) is 3.19. The Morgan fingerprint density at radius 1 is 0.971 bits per heavy atom. The van der Waals surface area contributed by atoms with Crippen LogP contribution in [0.5, 0.6) is 5.75 Å². The van der Waals surface area contributed by atoms with Crippen molar-refractivity contribution in [3.8, 4) is 5.75 Å². The molecular weight excluding hydrogens is 451 g/mol. The van der Waals surface area contributed by atoms with Gasteiger partial charge in [-0.1, -0.05) is 36.4 Å². The number of piperidine rings is 1. The average molecular weight is 479 g/mol. The summed E-state index contributed by atoms with van der Waals surface area (Å²) in [5, 5.41) is 0.951. The molecule has 0 radical (unpaired) electrons. The molecule has 2 heterocycles. The van der Waals surface area contributed by atoms with Crippen molar-refractivity contribution in [3.63, 3.8) is 0 Å². The molecule has 7 heteroatoms. The molecule has 0 amide bonds. The number of nitrogens with zero attached hydrogens (tertiary/aromatic N) is 2. The fourth-order valence-corrected chi connectivity index (χ4v) is 5.65. The summed E-state index contributed by atoms with van der Waals surface area (Å²) in [7, 11) is -1.81. The summed E-state index contributed by atoms with van der Waals surface area (Å²) in [6.45, 7) is 2.41. The summed E-state index contributed by atoms with van der Waals surface area (Å²) in [6.07, 6.45) is 4.13. The van der Waals surface area contributed by atoms with E-state index in [2.05, 4.69) is 22.7 Å². The summed E-state index contributed by atoms with van der Waals surface area (Å²) in [4.78, 5) is 2.43. The lowest BCUT2D eigenvalue weighted by Crippen LogP contribution is -2.29. The van der Waals surface area contributed by atoms with E-state index in [-0.39, 0.29) is 16.5 Å². The molecule has 0 spiro atoms. The highest BCUT2D eigenvalue weighted by molar-refractivity contribution is 7.87. The molecule has 1 saturated heterocycles. The van der Waals surface area contributed by atoms with Crippen molar-refractivity contribution in [1.29, 1.82) is 0 Å². The number of hydrogen-bond donors (Lipinski definition) is 0. The van der Waals surface area contributed by atoms with Crippen LogP contribution in [-0.2, 0) is 16.7 Å². The van der Waals surface area contributed by atoms with Gasteiger partial charge in [-0.25, -0.2) is 4.39 Å². The third-order valence-electron chi connectivity index (χ3n) is 6.58. The number of benzene rings is 3. The molecule has 1 aliphatic rings. The molecule has 1 fully saturated rings. The molecule has 5 rings (SSSR count). The van der Waals surface area contributed by atoms with Gasteiger partial charge in [-0.05, 0) is 80.9 Å². The standard InChI is InChI=1S/C27H27FN2O3S/c1-29-15-13-20(14-16-29)25-19-30(18-21-7-5-6-10-26(21)28)27-12-11-22(17-24(25)27)33-34(31,32)23-8-3-2-4-9-23/h2-12,17,19-20H,13-16,18H2,1H3. The molecule has 0 saturated carbocycles. The summed E-state index contributed by atoms with van der Waals surface area (Å²) in [6, 6.07) is 20.3. The largest absolute Gasteiger partial charge is 0.379 e. The second-order valence-corrected chi connectivity index (χ2v) is 10.5.